The molecule has 2 aromatic heterocycles. The highest BCUT2D eigenvalue weighted by atomic mass is 16.5. The van der Waals surface area contributed by atoms with E-state index in [1.165, 1.54) is 0 Å². The summed E-state index contributed by atoms with van der Waals surface area (Å²) in [5, 5.41) is 17.8. The van der Waals surface area contributed by atoms with Crippen molar-refractivity contribution < 1.29 is 14.3 Å². The SMILES string of the molecule is CCc1ccc(N[C@H](C(=O)Nc2cc3c(cn2)C2(CCOCC2)C(=O)N3)[C@H]2CC[C@H](C)CC2)nn1. The highest BCUT2D eigenvalue weighted by Gasteiger charge is 2.48. The number of aromatic nitrogens is 3. The highest BCUT2D eigenvalue weighted by Crippen LogP contribution is 2.44. The molecule has 2 amide bonds. The molecule has 4 heterocycles. The van der Waals surface area contributed by atoms with E-state index in [0.717, 1.165) is 49.0 Å². The Morgan fingerprint density at radius 3 is 2.63 bits per heavy atom. The smallest absolute Gasteiger partial charge is 0.248 e. The fourth-order valence-corrected chi connectivity index (χ4v) is 5.59. The molecule has 2 aromatic rings. The molecule has 0 bridgehead atoms. The molecule has 1 aliphatic carbocycles. The monoisotopic (exact) mass is 478 g/mol. The maximum absolute atomic E-state index is 13.5. The molecule has 0 radical (unpaired) electrons. The number of ether oxygens (including phenoxy) is 1. The van der Waals surface area contributed by atoms with Gasteiger partial charge >= 0.3 is 0 Å². The van der Waals surface area contributed by atoms with Crippen molar-refractivity contribution in [3.05, 3.63) is 35.7 Å². The molecule has 3 aliphatic rings. The predicted molar refractivity (Wildman–Crippen MR) is 133 cm³/mol. The minimum absolute atomic E-state index is 0.00829. The fourth-order valence-electron chi connectivity index (χ4n) is 5.59. The van der Waals surface area contributed by atoms with Crippen LogP contribution < -0.4 is 16.0 Å². The Kier molecular flexibility index (Phi) is 6.69. The second kappa shape index (κ2) is 9.89. The lowest BCUT2D eigenvalue weighted by atomic mass is 9.76. The first-order valence-electron chi connectivity index (χ1n) is 12.8. The summed E-state index contributed by atoms with van der Waals surface area (Å²) in [5.41, 5.74) is 1.95. The molecule has 1 spiro atoms. The maximum Gasteiger partial charge on any atom is 0.248 e. The minimum atomic E-state index is -0.574. The van der Waals surface area contributed by atoms with E-state index in [2.05, 4.69) is 38.1 Å². The number of fused-ring (bicyclic) bond motifs is 2. The number of anilines is 3. The average molecular weight is 479 g/mol. The normalized spacial score (nSPS) is 23.9. The van der Waals surface area contributed by atoms with Crippen LogP contribution in [0, 0.1) is 11.8 Å². The van der Waals surface area contributed by atoms with E-state index in [9.17, 15) is 9.59 Å². The van der Waals surface area contributed by atoms with E-state index < -0.39 is 11.5 Å². The molecule has 0 unspecified atom stereocenters. The van der Waals surface area contributed by atoms with Gasteiger partial charge in [0, 0.05) is 31.0 Å². The van der Waals surface area contributed by atoms with Crippen LogP contribution in [0.2, 0.25) is 0 Å². The van der Waals surface area contributed by atoms with E-state index >= 15 is 0 Å². The number of hydrogen-bond acceptors (Lipinski definition) is 7. The van der Waals surface area contributed by atoms with Crippen molar-refractivity contribution in [2.24, 2.45) is 11.8 Å². The average Bonchev–Trinajstić information content (AvgIpc) is 3.13. The van der Waals surface area contributed by atoms with Gasteiger partial charge in [0.15, 0.2) is 0 Å². The number of carbonyl (C=O) groups is 2. The lowest BCUT2D eigenvalue weighted by Gasteiger charge is -2.32. The third-order valence-electron chi connectivity index (χ3n) is 7.90. The largest absolute Gasteiger partial charge is 0.381 e. The Morgan fingerprint density at radius 1 is 1.17 bits per heavy atom. The Balaban J connectivity index is 1.35. The quantitative estimate of drug-likeness (QED) is 0.580. The molecule has 186 valence electrons. The zero-order valence-electron chi connectivity index (χ0n) is 20.5. The zero-order valence-corrected chi connectivity index (χ0v) is 20.5. The van der Waals surface area contributed by atoms with Crippen molar-refractivity contribution >= 4 is 29.1 Å². The molecular formula is C26H34N6O3. The van der Waals surface area contributed by atoms with Crippen LogP contribution in [0.1, 0.15) is 63.6 Å². The number of nitrogens with one attached hydrogen (secondary N) is 3. The van der Waals surface area contributed by atoms with Gasteiger partial charge in [0.2, 0.25) is 11.8 Å². The molecular weight excluding hydrogens is 444 g/mol. The van der Waals surface area contributed by atoms with E-state index in [4.69, 9.17) is 4.74 Å². The lowest BCUT2D eigenvalue weighted by molar-refractivity contribution is -0.124. The van der Waals surface area contributed by atoms with E-state index in [1.54, 1.807) is 12.3 Å². The van der Waals surface area contributed by atoms with Gasteiger partial charge in [-0.2, -0.15) is 5.10 Å². The summed E-state index contributed by atoms with van der Waals surface area (Å²) in [7, 11) is 0. The van der Waals surface area contributed by atoms with Gasteiger partial charge in [0.1, 0.15) is 17.7 Å². The Morgan fingerprint density at radius 2 is 1.94 bits per heavy atom. The van der Waals surface area contributed by atoms with Crippen molar-refractivity contribution in [3.8, 4) is 0 Å². The topological polar surface area (TPSA) is 118 Å². The van der Waals surface area contributed by atoms with Crippen LogP contribution in [-0.4, -0.2) is 46.3 Å². The first-order chi connectivity index (χ1) is 17.0. The van der Waals surface area contributed by atoms with Gasteiger partial charge in [-0.25, -0.2) is 4.98 Å². The van der Waals surface area contributed by atoms with Gasteiger partial charge in [-0.15, -0.1) is 5.10 Å². The molecule has 5 rings (SSSR count). The highest BCUT2D eigenvalue weighted by molar-refractivity contribution is 6.07. The third kappa shape index (κ3) is 4.74. The predicted octanol–water partition coefficient (Wildman–Crippen LogP) is 3.68. The number of hydrogen-bond donors (Lipinski definition) is 3. The van der Waals surface area contributed by atoms with Gasteiger partial charge in [-0.1, -0.05) is 26.7 Å². The van der Waals surface area contributed by atoms with Crippen LogP contribution in [0.15, 0.2) is 24.4 Å². The molecule has 0 aromatic carbocycles. The maximum atomic E-state index is 13.5. The Bertz CT molecular complexity index is 1070. The van der Waals surface area contributed by atoms with Crippen LogP contribution in [0.4, 0.5) is 17.3 Å². The van der Waals surface area contributed by atoms with E-state index in [0.29, 0.717) is 43.6 Å². The zero-order chi connectivity index (χ0) is 24.4. The molecule has 9 nitrogen and oxygen atoms in total. The fraction of sp³-hybridized carbons (Fsp3) is 0.577. The molecule has 2 fully saturated rings. The summed E-state index contributed by atoms with van der Waals surface area (Å²) in [6.07, 6.45) is 7.99. The molecule has 2 aliphatic heterocycles. The summed E-state index contributed by atoms with van der Waals surface area (Å²) >= 11 is 0. The van der Waals surface area contributed by atoms with Gasteiger partial charge in [0.05, 0.1) is 16.8 Å². The number of carbonyl (C=O) groups excluding carboxylic acids is 2. The second-order valence-electron chi connectivity index (χ2n) is 10.2. The van der Waals surface area contributed by atoms with Crippen molar-refractivity contribution in [1.82, 2.24) is 15.2 Å². The first kappa shape index (κ1) is 23.7. The van der Waals surface area contributed by atoms with E-state index in [1.807, 2.05) is 19.1 Å². The number of pyridine rings is 1. The molecule has 9 heteroatoms. The number of nitrogens with zero attached hydrogens (tertiary/aromatic N) is 3. The lowest BCUT2D eigenvalue weighted by Crippen LogP contribution is -2.42. The second-order valence-corrected chi connectivity index (χ2v) is 10.2. The summed E-state index contributed by atoms with van der Waals surface area (Å²) in [4.78, 5) is 30.9. The minimum Gasteiger partial charge on any atom is -0.381 e. The summed E-state index contributed by atoms with van der Waals surface area (Å²) in [6.45, 7) is 5.41. The summed E-state index contributed by atoms with van der Waals surface area (Å²) < 4.78 is 5.47. The van der Waals surface area contributed by atoms with Crippen molar-refractivity contribution in [1.29, 1.82) is 0 Å². The molecule has 1 atom stereocenters. The Hall–Kier alpha value is -3.07. The first-order valence-corrected chi connectivity index (χ1v) is 12.8. The molecule has 1 saturated carbocycles. The van der Waals surface area contributed by atoms with Crippen molar-refractivity contribution in [3.63, 3.8) is 0 Å². The van der Waals surface area contributed by atoms with Crippen LogP contribution >= 0.6 is 0 Å². The third-order valence-corrected chi connectivity index (χ3v) is 7.90. The van der Waals surface area contributed by atoms with Crippen molar-refractivity contribution in [2.45, 2.75) is 70.3 Å². The summed E-state index contributed by atoms with van der Waals surface area (Å²) in [5.74, 6) is 1.74. The summed E-state index contributed by atoms with van der Waals surface area (Å²) in [6, 6.07) is 5.14. The molecule has 35 heavy (non-hydrogen) atoms. The van der Waals surface area contributed by atoms with Crippen LogP contribution in [0.3, 0.4) is 0 Å². The molecule has 1 saturated heterocycles. The van der Waals surface area contributed by atoms with Gasteiger partial charge in [0.25, 0.3) is 0 Å². The number of rotatable bonds is 6. The number of aryl methyl sites for hydroxylation is 1. The standard InChI is InChI=1S/C26H34N6O3/c1-3-18-8-9-21(32-31-18)29-23(17-6-4-16(2)5-7-17)24(33)30-22-14-20-19(15-27-22)26(25(34)28-20)10-12-35-13-11-26/h8-9,14-17,23H,3-7,10-13H2,1-2H3,(H,28,34)(H,29,32)(H,27,30,33)/t16-,17-,23-/m0/s1. The molecule has 3 N–H and O–H groups in total. The number of amides is 2. The van der Waals surface area contributed by atoms with Crippen LogP contribution in [-0.2, 0) is 26.2 Å². The van der Waals surface area contributed by atoms with Gasteiger partial charge in [-0.05, 0) is 56.1 Å². The van der Waals surface area contributed by atoms with E-state index in [-0.39, 0.29) is 17.7 Å². The van der Waals surface area contributed by atoms with Gasteiger partial charge < -0.3 is 20.7 Å². The van der Waals surface area contributed by atoms with Crippen LogP contribution in [0.5, 0.6) is 0 Å². The van der Waals surface area contributed by atoms with Crippen molar-refractivity contribution in [2.75, 3.05) is 29.2 Å². The Labute approximate surface area is 205 Å². The van der Waals surface area contributed by atoms with Crippen LogP contribution in [0.25, 0.3) is 0 Å². The van der Waals surface area contributed by atoms with Gasteiger partial charge in [-0.3, -0.25) is 9.59 Å².